The molecule has 1 heterocycles. The summed E-state index contributed by atoms with van der Waals surface area (Å²) in [4.78, 5) is 11.7. The first kappa shape index (κ1) is 14.7. The third-order valence-electron chi connectivity index (χ3n) is 3.38. The van der Waals surface area contributed by atoms with Crippen molar-refractivity contribution in [2.45, 2.75) is 19.8 Å². The van der Waals surface area contributed by atoms with Gasteiger partial charge in [-0.15, -0.1) is 0 Å². The van der Waals surface area contributed by atoms with Crippen molar-refractivity contribution >= 4 is 22.0 Å². The Bertz CT molecular complexity index is 606. The maximum Gasteiger partial charge on any atom is 0.244 e. The lowest BCUT2D eigenvalue weighted by atomic mass is 10.1. The molecule has 1 N–H and O–H groups in total. The van der Waals surface area contributed by atoms with Crippen molar-refractivity contribution in [3.8, 4) is 0 Å². The van der Waals surface area contributed by atoms with Gasteiger partial charge in [-0.3, -0.25) is 4.79 Å². The Kier molecular flexibility index (Phi) is 4.54. The van der Waals surface area contributed by atoms with E-state index in [0.717, 1.165) is 12.0 Å². The Labute approximate surface area is 119 Å². The van der Waals surface area contributed by atoms with Crippen molar-refractivity contribution < 1.29 is 13.2 Å². The number of hydrazone groups is 1. The van der Waals surface area contributed by atoms with Gasteiger partial charge < -0.3 is 0 Å². The first-order chi connectivity index (χ1) is 9.50. The number of benzene rings is 1. The van der Waals surface area contributed by atoms with Crippen molar-refractivity contribution in [2.24, 2.45) is 11.0 Å². The summed E-state index contributed by atoms with van der Waals surface area (Å²) in [6.45, 7) is 2.08. The van der Waals surface area contributed by atoms with E-state index < -0.39 is 15.8 Å². The van der Waals surface area contributed by atoms with Crippen LogP contribution in [0.1, 0.15) is 24.5 Å². The summed E-state index contributed by atoms with van der Waals surface area (Å²) in [7, 11) is -3.04. The number of amides is 1. The summed E-state index contributed by atoms with van der Waals surface area (Å²) in [5.41, 5.74) is 4.53. The molecule has 0 saturated carbocycles. The first-order valence-corrected chi connectivity index (χ1v) is 8.44. The van der Waals surface area contributed by atoms with Crippen LogP contribution in [0.3, 0.4) is 0 Å². The SMILES string of the molecule is CCc1ccc(/C=N\NC(=O)[C@@H]2CCS(=O)(=O)C2)cc1. The zero-order valence-electron chi connectivity index (χ0n) is 11.4. The fourth-order valence-electron chi connectivity index (χ4n) is 2.10. The highest BCUT2D eigenvalue weighted by atomic mass is 32.2. The smallest absolute Gasteiger partial charge is 0.244 e. The molecule has 0 aliphatic carbocycles. The quantitative estimate of drug-likeness (QED) is 0.668. The molecule has 1 atom stereocenters. The molecule has 0 unspecified atom stereocenters. The van der Waals surface area contributed by atoms with Gasteiger partial charge in [-0.25, -0.2) is 13.8 Å². The van der Waals surface area contributed by atoms with Crippen molar-refractivity contribution in [1.82, 2.24) is 5.43 Å². The molecule has 0 aromatic heterocycles. The lowest BCUT2D eigenvalue weighted by Crippen LogP contribution is -2.27. The second kappa shape index (κ2) is 6.17. The fraction of sp³-hybridized carbons (Fsp3) is 0.429. The summed E-state index contributed by atoms with van der Waals surface area (Å²) in [5, 5.41) is 3.87. The lowest BCUT2D eigenvalue weighted by Gasteiger charge is -2.04. The van der Waals surface area contributed by atoms with Crippen LogP contribution in [-0.2, 0) is 21.1 Å². The monoisotopic (exact) mass is 294 g/mol. The molecule has 2 rings (SSSR count). The van der Waals surface area contributed by atoms with Gasteiger partial charge in [0.15, 0.2) is 9.84 Å². The van der Waals surface area contributed by atoms with Crippen LogP contribution in [0, 0.1) is 5.92 Å². The Balaban J connectivity index is 1.88. The highest BCUT2D eigenvalue weighted by Crippen LogP contribution is 2.18. The third-order valence-corrected chi connectivity index (χ3v) is 5.15. The summed E-state index contributed by atoms with van der Waals surface area (Å²) < 4.78 is 22.6. The second-order valence-electron chi connectivity index (χ2n) is 4.93. The van der Waals surface area contributed by atoms with Crippen LogP contribution < -0.4 is 5.43 Å². The molecule has 6 heteroatoms. The molecule has 0 bridgehead atoms. The van der Waals surface area contributed by atoms with Crippen LogP contribution in [0.5, 0.6) is 0 Å². The van der Waals surface area contributed by atoms with Crippen molar-refractivity contribution in [3.63, 3.8) is 0 Å². The third kappa shape index (κ3) is 3.90. The number of carbonyl (C=O) groups excluding carboxylic acids is 1. The Hall–Kier alpha value is -1.69. The number of nitrogens with zero attached hydrogens (tertiary/aromatic N) is 1. The van der Waals surface area contributed by atoms with Gasteiger partial charge in [-0.2, -0.15) is 5.10 Å². The van der Waals surface area contributed by atoms with E-state index in [4.69, 9.17) is 0 Å². The molecule has 1 saturated heterocycles. The number of carbonyl (C=O) groups is 1. The average Bonchev–Trinajstić information content (AvgIpc) is 2.80. The van der Waals surface area contributed by atoms with Gasteiger partial charge in [-0.05, 0) is 24.0 Å². The van der Waals surface area contributed by atoms with E-state index in [1.54, 1.807) is 6.21 Å². The van der Waals surface area contributed by atoms with Gasteiger partial charge in [0.1, 0.15) is 0 Å². The van der Waals surface area contributed by atoms with Crippen molar-refractivity contribution in [1.29, 1.82) is 0 Å². The molecule has 0 radical (unpaired) electrons. The van der Waals surface area contributed by atoms with Crippen molar-refractivity contribution in [3.05, 3.63) is 35.4 Å². The molecule has 5 nitrogen and oxygen atoms in total. The van der Waals surface area contributed by atoms with E-state index in [2.05, 4.69) is 17.5 Å². The van der Waals surface area contributed by atoms with E-state index in [0.29, 0.717) is 6.42 Å². The maximum absolute atomic E-state index is 11.7. The molecule has 1 fully saturated rings. The standard InChI is InChI=1S/C14H18N2O3S/c1-2-11-3-5-12(6-4-11)9-15-16-14(17)13-7-8-20(18,19)10-13/h3-6,9,13H,2,7-8,10H2,1H3,(H,16,17)/b15-9-/t13-/m1/s1. The molecule has 108 valence electrons. The van der Waals surface area contributed by atoms with E-state index in [1.165, 1.54) is 5.56 Å². The predicted molar refractivity (Wildman–Crippen MR) is 78.3 cm³/mol. The Morgan fingerprint density at radius 2 is 2.10 bits per heavy atom. The van der Waals surface area contributed by atoms with Crippen LogP contribution in [0.15, 0.2) is 29.4 Å². The van der Waals surface area contributed by atoms with Gasteiger partial charge in [0.2, 0.25) is 5.91 Å². The van der Waals surface area contributed by atoms with Gasteiger partial charge in [0, 0.05) is 0 Å². The minimum Gasteiger partial charge on any atom is -0.273 e. The molecule has 1 aromatic carbocycles. The zero-order valence-corrected chi connectivity index (χ0v) is 12.2. The van der Waals surface area contributed by atoms with E-state index >= 15 is 0 Å². The highest BCUT2D eigenvalue weighted by molar-refractivity contribution is 7.91. The summed E-state index contributed by atoms with van der Waals surface area (Å²) >= 11 is 0. The Morgan fingerprint density at radius 3 is 2.65 bits per heavy atom. The number of sulfone groups is 1. The number of nitrogens with one attached hydrogen (secondary N) is 1. The molecule has 1 aliphatic heterocycles. The number of hydrogen-bond donors (Lipinski definition) is 1. The average molecular weight is 294 g/mol. The van der Waals surface area contributed by atoms with Gasteiger partial charge in [0.05, 0.1) is 23.6 Å². The number of rotatable bonds is 4. The Morgan fingerprint density at radius 1 is 1.40 bits per heavy atom. The molecular formula is C14H18N2O3S. The van der Waals surface area contributed by atoms with Gasteiger partial charge in [-0.1, -0.05) is 31.2 Å². The van der Waals surface area contributed by atoms with E-state index in [1.807, 2.05) is 24.3 Å². The summed E-state index contributed by atoms with van der Waals surface area (Å²) in [6.07, 6.45) is 2.92. The zero-order chi connectivity index (χ0) is 14.6. The molecule has 1 aliphatic rings. The van der Waals surface area contributed by atoms with E-state index in [9.17, 15) is 13.2 Å². The molecule has 1 amide bonds. The van der Waals surface area contributed by atoms with Crippen LogP contribution in [0.4, 0.5) is 0 Å². The largest absolute Gasteiger partial charge is 0.273 e. The first-order valence-electron chi connectivity index (χ1n) is 6.62. The lowest BCUT2D eigenvalue weighted by molar-refractivity contribution is -0.124. The second-order valence-corrected chi connectivity index (χ2v) is 7.16. The maximum atomic E-state index is 11.7. The van der Waals surface area contributed by atoms with Gasteiger partial charge in [0.25, 0.3) is 0 Å². The minimum atomic E-state index is -3.04. The topological polar surface area (TPSA) is 75.6 Å². The normalized spacial score (nSPS) is 21.1. The van der Waals surface area contributed by atoms with Crippen LogP contribution in [0.2, 0.25) is 0 Å². The highest BCUT2D eigenvalue weighted by Gasteiger charge is 2.32. The van der Waals surface area contributed by atoms with E-state index in [-0.39, 0.29) is 17.4 Å². The fourth-order valence-corrected chi connectivity index (χ4v) is 3.84. The molecule has 20 heavy (non-hydrogen) atoms. The summed E-state index contributed by atoms with van der Waals surface area (Å²) in [5.74, 6) is -0.778. The van der Waals surface area contributed by atoms with Crippen LogP contribution in [0.25, 0.3) is 0 Å². The minimum absolute atomic E-state index is 0.0699. The number of hydrogen-bond acceptors (Lipinski definition) is 4. The van der Waals surface area contributed by atoms with Gasteiger partial charge >= 0.3 is 0 Å². The molecular weight excluding hydrogens is 276 g/mol. The van der Waals surface area contributed by atoms with Crippen molar-refractivity contribution in [2.75, 3.05) is 11.5 Å². The molecule has 1 aromatic rings. The number of aryl methyl sites for hydroxylation is 1. The molecule has 0 spiro atoms. The predicted octanol–water partition coefficient (Wildman–Crippen LogP) is 1.13. The summed E-state index contributed by atoms with van der Waals surface area (Å²) in [6, 6.07) is 7.86. The van der Waals surface area contributed by atoms with Crippen LogP contribution >= 0.6 is 0 Å². The van der Waals surface area contributed by atoms with Crippen LogP contribution in [-0.4, -0.2) is 32.0 Å².